The van der Waals surface area contributed by atoms with Crippen LogP contribution in [0.3, 0.4) is 0 Å². The van der Waals surface area contributed by atoms with Crippen molar-refractivity contribution in [3.63, 3.8) is 0 Å². The van der Waals surface area contributed by atoms with Gasteiger partial charge in [-0.05, 0) is 26.0 Å². The molecule has 1 heterocycles. The molecule has 1 fully saturated rings. The van der Waals surface area contributed by atoms with Gasteiger partial charge >= 0.3 is 0 Å². The molecular weight excluding hydrogens is 304 g/mol. The zero-order chi connectivity index (χ0) is 16.4. The number of likely N-dealkylation sites (N-methyl/N-ethyl adjacent to an activating group) is 2. The number of hydrogen-bond donors (Lipinski definition) is 0. The summed E-state index contributed by atoms with van der Waals surface area (Å²) in [5.41, 5.74) is 1.08. The van der Waals surface area contributed by atoms with E-state index in [-0.39, 0.29) is 11.8 Å². The third kappa shape index (κ3) is 2.62. The number of benzene rings is 1. The van der Waals surface area contributed by atoms with E-state index in [1.807, 2.05) is 6.92 Å². The Kier molecular flexibility index (Phi) is 4.62. The lowest BCUT2D eigenvalue weighted by atomic mass is 9.95. The number of hydrazine groups is 1. The highest BCUT2D eigenvalue weighted by Crippen LogP contribution is 2.39. The summed E-state index contributed by atoms with van der Waals surface area (Å²) in [6, 6.07) is 3.36. The van der Waals surface area contributed by atoms with Crippen LogP contribution in [-0.4, -0.2) is 42.5 Å². The minimum Gasteiger partial charge on any atom is -0.493 e. The zero-order valence-corrected chi connectivity index (χ0v) is 13.7. The molecule has 22 heavy (non-hydrogen) atoms. The first-order valence-electron chi connectivity index (χ1n) is 6.86. The van der Waals surface area contributed by atoms with Gasteiger partial charge < -0.3 is 4.74 Å². The molecule has 1 aliphatic heterocycles. The topological polar surface area (TPSA) is 49.9 Å². The molecule has 6 heteroatoms. The van der Waals surface area contributed by atoms with Crippen LogP contribution in [0, 0.1) is 11.8 Å². The smallest absolute Gasteiger partial charge is 0.258 e. The van der Waals surface area contributed by atoms with Gasteiger partial charge in [0.25, 0.3) is 11.8 Å². The molecule has 116 valence electrons. The summed E-state index contributed by atoms with van der Waals surface area (Å²) in [5.74, 6) is 4.47. The molecule has 1 aromatic rings. The predicted molar refractivity (Wildman–Crippen MR) is 83.5 cm³/mol. The van der Waals surface area contributed by atoms with Crippen LogP contribution in [0.15, 0.2) is 12.1 Å². The van der Waals surface area contributed by atoms with E-state index in [1.165, 1.54) is 10.0 Å². The predicted octanol–water partition coefficient (Wildman–Crippen LogP) is 2.04. The summed E-state index contributed by atoms with van der Waals surface area (Å²) in [6.07, 6.45) is 0. The Hall–Kier alpha value is -2.19. The monoisotopic (exact) mass is 320 g/mol. The van der Waals surface area contributed by atoms with Crippen molar-refractivity contribution < 1.29 is 14.3 Å². The van der Waals surface area contributed by atoms with Crippen molar-refractivity contribution in [1.82, 2.24) is 10.0 Å². The Balaban J connectivity index is 2.61. The van der Waals surface area contributed by atoms with E-state index in [0.717, 1.165) is 0 Å². The molecule has 2 amide bonds. The summed E-state index contributed by atoms with van der Waals surface area (Å²) in [6.45, 7) is 3.94. The molecule has 1 aliphatic rings. The third-order valence-electron chi connectivity index (χ3n) is 3.53. The second-order valence-electron chi connectivity index (χ2n) is 4.83. The van der Waals surface area contributed by atoms with Crippen LogP contribution < -0.4 is 4.74 Å². The van der Waals surface area contributed by atoms with Gasteiger partial charge in [0.15, 0.2) is 5.92 Å². The molecule has 5 nitrogen and oxygen atoms in total. The lowest BCUT2D eigenvalue weighted by Gasteiger charge is -2.17. The summed E-state index contributed by atoms with van der Waals surface area (Å²) < 4.78 is 5.59. The van der Waals surface area contributed by atoms with Crippen molar-refractivity contribution in [2.45, 2.75) is 19.8 Å². The molecule has 0 bridgehead atoms. The molecule has 0 unspecified atom stereocenters. The number of nitrogens with zero attached hydrogens (tertiary/aromatic N) is 2. The molecule has 1 saturated heterocycles. The van der Waals surface area contributed by atoms with E-state index in [1.54, 1.807) is 33.2 Å². The number of ether oxygens (including phenoxy) is 1. The number of carbonyl (C=O) groups is 2. The number of amides is 2. The number of carbonyl (C=O) groups excluding carboxylic acids is 2. The second-order valence-corrected chi connectivity index (χ2v) is 5.24. The van der Waals surface area contributed by atoms with E-state index in [2.05, 4.69) is 11.8 Å². The molecule has 2 rings (SSSR count). The van der Waals surface area contributed by atoms with Gasteiger partial charge in [-0.15, -0.1) is 5.92 Å². The van der Waals surface area contributed by atoms with E-state index < -0.39 is 5.92 Å². The maximum absolute atomic E-state index is 12.4. The van der Waals surface area contributed by atoms with Crippen LogP contribution in [0.2, 0.25) is 5.02 Å². The fraction of sp³-hybridized carbons (Fsp3) is 0.375. The van der Waals surface area contributed by atoms with Crippen molar-refractivity contribution >= 4 is 23.4 Å². The summed E-state index contributed by atoms with van der Waals surface area (Å²) >= 11 is 6.32. The summed E-state index contributed by atoms with van der Waals surface area (Å²) in [7, 11) is 3.09. The number of rotatable bonds is 3. The molecule has 0 spiro atoms. The molecule has 0 aromatic heterocycles. The first kappa shape index (κ1) is 16.2. The van der Waals surface area contributed by atoms with Crippen LogP contribution in [-0.2, 0) is 9.59 Å². The van der Waals surface area contributed by atoms with Gasteiger partial charge in [0, 0.05) is 25.2 Å². The lowest BCUT2D eigenvalue weighted by Crippen LogP contribution is -2.33. The maximum atomic E-state index is 12.4. The van der Waals surface area contributed by atoms with Crippen LogP contribution in [0.5, 0.6) is 5.75 Å². The first-order valence-corrected chi connectivity index (χ1v) is 7.24. The standard InChI is InChI=1S/C16H17ClN2O3/c1-5-7-10-8-11(17)13(12(9-10)22-6-2)14-15(20)18(3)19(4)16(14)21/h8-9,14H,6H2,1-4H3. The molecule has 1 aromatic carbocycles. The van der Waals surface area contributed by atoms with Crippen molar-refractivity contribution in [3.05, 3.63) is 28.3 Å². The maximum Gasteiger partial charge on any atom is 0.258 e. The fourth-order valence-electron chi connectivity index (χ4n) is 2.39. The van der Waals surface area contributed by atoms with Gasteiger partial charge in [0.05, 0.1) is 11.6 Å². The highest BCUT2D eigenvalue weighted by Gasteiger charge is 2.45. The molecule has 0 atom stereocenters. The van der Waals surface area contributed by atoms with Gasteiger partial charge in [0.1, 0.15) is 5.75 Å². The number of halogens is 1. The van der Waals surface area contributed by atoms with Gasteiger partial charge in [-0.25, -0.2) is 0 Å². The Bertz CT molecular complexity index is 671. The van der Waals surface area contributed by atoms with Crippen molar-refractivity contribution in [3.8, 4) is 17.6 Å². The highest BCUT2D eigenvalue weighted by atomic mass is 35.5. The first-order chi connectivity index (χ1) is 10.4. The average molecular weight is 321 g/mol. The normalized spacial score (nSPS) is 15.1. The SMILES string of the molecule is CC#Cc1cc(Cl)c(C2C(=O)N(C)N(C)C2=O)c(OCC)c1. The van der Waals surface area contributed by atoms with Crippen molar-refractivity contribution in [2.24, 2.45) is 0 Å². The van der Waals surface area contributed by atoms with Gasteiger partial charge in [-0.1, -0.05) is 17.5 Å². The molecule has 0 N–H and O–H groups in total. The summed E-state index contributed by atoms with van der Waals surface area (Å²) in [5, 5.41) is 2.86. The molecule has 0 saturated carbocycles. The van der Waals surface area contributed by atoms with Crippen LogP contribution in [0.25, 0.3) is 0 Å². The van der Waals surface area contributed by atoms with E-state index in [0.29, 0.717) is 28.5 Å². The van der Waals surface area contributed by atoms with Gasteiger partial charge in [0.2, 0.25) is 0 Å². The van der Waals surface area contributed by atoms with Crippen LogP contribution in [0.1, 0.15) is 30.9 Å². The third-order valence-corrected chi connectivity index (χ3v) is 3.84. The van der Waals surface area contributed by atoms with Crippen LogP contribution >= 0.6 is 11.6 Å². The van der Waals surface area contributed by atoms with Crippen LogP contribution in [0.4, 0.5) is 0 Å². The Morgan fingerprint density at radius 3 is 2.32 bits per heavy atom. The van der Waals surface area contributed by atoms with E-state index >= 15 is 0 Å². The van der Waals surface area contributed by atoms with Gasteiger partial charge in [-0.2, -0.15) is 0 Å². The zero-order valence-electron chi connectivity index (χ0n) is 12.9. The number of hydrogen-bond acceptors (Lipinski definition) is 3. The molecule has 0 aliphatic carbocycles. The van der Waals surface area contributed by atoms with E-state index in [9.17, 15) is 9.59 Å². The molecular formula is C16H17ClN2O3. The highest BCUT2D eigenvalue weighted by molar-refractivity contribution is 6.32. The Morgan fingerprint density at radius 2 is 1.82 bits per heavy atom. The average Bonchev–Trinajstić information content (AvgIpc) is 2.65. The minimum atomic E-state index is -0.979. The Labute approximate surface area is 134 Å². The summed E-state index contributed by atoms with van der Waals surface area (Å²) in [4.78, 5) is 24.7. The van der Waals surface area contributed by atoms with Crippen molar-refractivity contribution in [2.75, 3.05) is 20.7 Å². The second kappa shape index (κ2) is 6.29. The largest absolute Gasteiger partial charge is 0.493 e. The van der Waals surface area contributed by atoms with E-state index in [4.69, 9.17) is 16.3 Å². The lowest BCUT2D eigenvalue weighted by molar-refractivity contribution is -0.141. The molecule has 0 radical (unpaired) electrons. The quantitative estimate of drug-likeness (QED) is 0.632. The fourth-order valence-corrected chi connectivity index (χ4v) is 2.71. The van der Waals surface area contributed by atoms with Crippen molar-refractivity contribution in [1.29, 1.82) is 0 Å². The van der Waals surface area contributed by atoms with Gasteiger partial charge in [-0.3, -0.25) is 19.6 Å². The Morgan fingerprint density at radius 1 is 1.23 bits per heavy atom. The minimum absolute atomic E-state index is 0.305.